The summed E-state index contributed by atoms with van der Waals surface area (Å²) in [6.45, 7) is 7.07. The normalized spacial score (nSPS) is 13.1. The SMILES string of the molecule is C[C@@H](O)CCO.Cc1ccc(S(=O)(=O)Cl)cc1.Cc1ccc(S(=O)(=O)OCC[C@@H](C)O)cc1. The lowest BCUT2D eigenvalue weighted by atomic mass is 10.2. The molecule has 8 nitrogen and oxygen atoms in total. The molecule has 2 aromatic carbocycles. The Kier molecular flexibility index (Phi) is 14.7. The minimum Gasteiger partial charge on any atom is -0.396 e. The lowest BCUT2D eigenvalue weighted by Gasteiger charge is -2.07. The molecule has 2 atom stereocenters. The van der Waals surface area contributed by atoms with Gasteiger partial charge in [0.2, 0.25) is 0 Å². The van der Waals surface area contributed by atoms with Crippen LogP contribution in [-0.2, 0) is 23.4 Å². The van der Waals surface area contributed by atoms with E-state index in [4.69, 9.17) is 30.2 Å². The number of hydrogen-bond donors (Lipinski definition) is 3. The van der Waals surface area contributed by atoms with Gasteiger partial charge in [-0.2, -0.15) is 8.42 Å². The smallest absolute Gasteiger partial charge is 0.296 e. The van der Waals surface area contributed by atoms with E-state index >= 15 is 0 Å². The topological polar surface area (TPSA) is 138 Å². The summed E-state index contributed by atoms with van der Waals surface area (Å²) in [5.41, 5.74) is 2.00. The Morgan fingerprint density at radius 1 is 0.788 bits per heavy atom. The zero-order chi connectivity index (χ0) is 25.7. The van der Waals surface area contributed by atoms with Crippen molar-refractivity contribution in [3.05, 3.63) is 59.7 Å². The molecule has 2 aromatic rings. The summed E-state index contributed by atoms with van der Waals surface area (Å²) in [6.07, 6.45) is -0.131. The molecule has 3 N–H and O–H groups in total. The number of rotatable bonds is 8. The Bertz CT molecular complexity index is 1000. The van der Waals surface area contributed by atoms with Crippen molar-refractivity contribution >= 4 is 29.9 Å². The third-order valence-electron chi connectivity index (χ3n) is 3.93. The molecule has 0 heterocycles. The van der Waals surface area contributed by atoms with Crippen molar-refractivity contribution in [2.45, 2.75) is 62.5 Å². The first kappa shape index (κ1) is 31.5. The molecule has 0 aromatic heterocycles. The Hall–Kier alpha value is -1.53. The van der Waals surface area contributed by atoms with Gasteiger partial charge in [-0.05, 0) is 64.8 Å². The third-order valence-corrected chi connectivity index (χ3v) is 6.63. The van der Waals surface area contributed by atoms with Crippen molar-refractivity contribution in [1.82, 2.24) is 0 Å². The number of hydrogen-bond acceptors (Lipinski definition) is 8. The minimum atomic E-state index is -3.68. The molecule has 0 aliphatic carbocycles. The highest BCUT2D eigenvalue weighted by Gasteiger charge is 2.14. The van der Waals surface area contributed by atoms with Gasteiger partial charge in [-0.1, -0.05) is 35.4 Å². The molecule has 0 unspecified atom stereocenters. The van der Waals surface area contributed by atoms with Gasteiger partial charge < -0.3 is 15.3 Å². The average Bonchev–Trinajstić information content (AvgIpc) is 2.68. The predicted octanol–water partition coefficient (Wildman–Crippen LogP) is 3.14. The number of aryl methyl sites for hydroxylation is 2. The number of aliphatic hydroxyl groups is 3. The van der Waals surface area contributed by atoms with Crippen molar-refractivity contribution < 1.29 is 36.3 Å². The molecule has 0 aliphatic heterocycles. The van der Waals surface area contributed by atoms with Crippen LogP contribution >= 0.6 is 10.7 Å². The van der Waals surface area contributed by atoms with Crippen LogP contribution in [0.1, 0.15) is 37.8 Å². The van der Waals surface area contributed by atoms with Crippen LogP contribution < -0.4 is 0 Å². The Morgan fingerprint density at radius 2 is 1.18 bits per heavy atom. The van der Waals surface area contributed by atoms with Crippen LogP contribution in [0.25, 0.3) is 0 Å². The van der Waals surface area contributed by atoms with Crippen LogP contribution in [0, 0.1) is 13.8 Å². The standard InChI is InChI=1S/C11H16O4S.C7H7ClO2S.C4H10O2/c1-9-3-5-11(6-4-9)16(13,14)15-8-7-10(2)12;1-6-2-4-7(5-3-6)11(8,9)10;1-4(6)2-3-5/h3-6,10,12H,7-8H2,1-2H3;2-5H,1H3;4-6H,2-3H2,1H3/t10-;;4-/m1.1/s1. The summed E-state index contributed by atoms with van der Waals surface area (Å²) < 4.78 is 49.4. The largest absolute Gasteiger partial charge is 0.396 e. The van der Waals surface area contributed by atoms with Gasteiger partial charge >= 0.3 is 0 Å². The van der Waals surface area contributed by atoms with Gasteiger partial charge in [-0.3, -0.25) is 4.18 Å². The second kappa shape index (κ2) is 15.4. The number of benzene rings is 2. The summed E-state index contributed by atoms with van der Waals surface area (Å²) in [7, 11) is -2.15. The molecule has 0 bridgehead atoms. The molecule has 11 heteroatoms. The van der Waals surface area contributed by atoms with Crippen LogP contribution in [0.4, 0.5) is 0 Å². The van der Waals surface area contributed by atoms with E-state index in [-0.39, 0.29) is 29.1 Å². The molecule has 0 amide bonds. The number of halogens is 1. The summed E-state index contributed by atoms with van der Waals surface area (Å²) in [4.78, 5) is 0.286. The first-order valence-corrected chi connectivity index (χ1v) is 13.8. The van der Waals surface area contributed by atoms with E-state index in [0.717, 1.165) is 11.1 Å². The van der Waals surface area contributed by atoms with E-state index in [1.807, 2.05) is 13.8 Å². The molecular formula is C22H33ClO8S2. The zero-order valence-electron chi connectivity index (χ0n) is 19.2. The van der Waals surface area contributed by atoms with Crippen molar-refractivity contribution in [3.63, 3.8) is 0 Å². The zero-order valence-corrected chi connectivity index (χ0v) is 21.6. The maximum atomic E-state index is 11.6. The Morgan fingerprint density at radius 3 is 1.48 bits per heavy atom. The molecule has 0 aliphatic rings. The second-order valence-corrected chi connectivity index (χ2v) is 11.5. The fourth-order valence-electron chi connectivity index (χ4n) is 1.99. The maximum Gasteiger partial charge on any atom is 0.296 e. The van der Waals surface area contributed by atoms with Crippen LogP contribution in [0.2, 0.25) is 0 Å². The van der Waals surface area contributed by atoms with Gasteiger partial charge in [-0.25, -0.2) is 8.42 Å². The summed E-state index contributed by atoms with van der Waals surface area (Å²) in [6, 6.07) is 12.8. The second-order valence-electron chi connectivity index (χ2n) is 7.34. The van der Waals surface area contributed by atoms with Crippen LogP contribution in [0.15, 0.2) is 58.3 Å². The van der Waals surface area contributed by atoms with Crippen molar-refractivity contribution in [2.75, 3.05) is 13.2 Å². The van der Waals surface area contributed by atoms with Gasteiger partial charge in [0.25, 0.3) is 19.2 Å². The quantitative estimate of drug-likeness (QED) is 0.353. The van der Waals surface area contributed by atoms with Crippen LogP contribution in [0.3, 0.4) is 0 Å². The highest BCUT2D eigenvalue weighted by atomic mass is 35.7. The third kappa shape index (κ3) is 15.1. The lowest BCUT2D eigenvalue weighted by Crippen LogP contribution is -2.11. The molecular weight excluding hydrogens is 492 g/mol. The van der Waals surface area contributed by atoms with E-state index in [1.165, 1.54) is 24.3 Å². The Balaban J connectivity index is 0.000000520. The predicted molar refractivity (Wildman–Crippen MR) is 128 cm³/mol. The Labute approximate surface area is 201 Å². The summed E-state index contributed by atoms with van der Waals surface area (Å²) in [5, 5.41) is 25.5. The molecule has 0 radical (unpaired) electrons. The molecule has 0 spiro atoms. The van der Waals surface area contributed by atoms with E-state index in [0.29, 0.717) is 12.8 Å². The number of aliphatic hydroxyl groups excluding tert-OH is 3. The molecule has 188 valence electrons. The first-order valence-electron chi connectivity index (χ1n) is 10.1. The van der Waals surface area contributed by atoms with E-state index in [9.17, 15) is 16.8 Å². The summed E-state index contributed by atoms with van der Waals surface area (Å²) >= 11 is 0. The van der Waals surface area contributed by atoms with Gasteiger partial charge in [0.15, 0.2) is 0 Å². The highest BCUT2D eigenvalue weighted by Crippen LogP contribution is 2.15. The van der Waals surface area contributed by atoms with Gasteiger partial charge in [0.1, 0.15) is 0 Å². The highest BCUT2D eigenvalue weighted by molar-refractivity contribution is 8.13. The fourth-order valence-corrected chi connectivity index (χ4v) is 3.68. The van der Waals surface area contributed by atoms with E-state index < -0.39 is 25.3 Å². The molecule has 0 fully saturated rings. The monoisotopic (exact) mass is 524 g/mol. The minimum absolute atomic E-state index is 0.00607. The molecule has 0 saturated heterocycles. The molecule has 33 heavy (non-hydrogen) atoms. The summed E-state index contributed by atoms with van der Waals surface area (Å²) in [5.74, 6) is 0. The maximum absolute atomic E-state index is 11.6. The lowest BCUT2D eigenvalue weighted by molar-refractivity contribution is 0.148. The van der Waals surface area contributed by atoms with Crippen LogP contribution in [0.5, 0.6) is 0 Å². The van der Waals surface area contributed by atoms with Crippen molar-refractivity contribution in [3.8, 4) is 0 Å². The van der Waals surface area contributed by atoms with Crippen molar-refractivity contribution in [1.29, 1.82) is 0 Å². The van der Waals surface area contributed by atoms with Gasteiger partial charge in [0.05, 0.1) is 28.6 Å². The van der Waals surface area contributed by atoms with E-state index in [1.54, 1.807) is 38.1 Å². The van der Waals surface area contributed by atoms with Crippen LogP contribution in [-0.4, -0.2) is 57.6 Å². The molecule has 2 rings (SSSR count). The first-order chi connectivity index (χ1) is 15.2. The van der Waals surface area contributed by atoms with Crippen molar-refractivity contribution in [2.24, 2.45) is 0 Å². The van der Waals surface area contributed by atoms with E-state index in [2.05, 4.69) is 0 Å². The molecule has 0 saturated carbocycles. The van der Waals surface area contributed by atoms with Gasteiger partial charge in [-0.15, -0.1) is 0 Å². The average molecular weight is 525 g/mol. The van der Waals surface area contributed by atoms with Gasteiger partial charge in [0, 0.05) is 17.3 Å². The fraction of sp³-hybridized carbons (Fsp3) is 0.455.